The first kappa shape index (κ1) is 14.1. The second-order valence-electron chi connectivity index (χ2n) is 5.25. The van der Waals surface area contributed by atoms with Crippen molar-refractivity contribution in [3.63, 3.8) is 0 Å². The number of halogens is 1. The molecule has 3 unspecified atom stereocenters. The minimum atomic E-state index is -0.384. The Labute approximate surface area is 118 Å². The predicted molar refractivity (Wildman–Crippen MR) is 77.7 cm³/mol. The average molecular weight is 283 g/mol. The zero-order chi connectivity index (χ0) is 14.0. The van der Waals surface area contributed by atoms with Gasteiger partial charge in [0.05, 0.1) is 9.95 Å². The average Bonchev–Trinajstić information content (AvgIpc) is 2.72. The summed E-state index contributed by atoms with van der Waals surface area (Å²) >= 11 is 6.10. The molecule has 0 spiro atoms. The Hall–Kier alpha value is -1.29. The Kier molecular flexibility index (Phi) is 4.30. The molecule has 2 rings (SSSR count). The maximum absolute atomic E-state index is 11.1. The first-order valence-electron chi connectivity index (χ1n) is 6.74. The van der Waals surface area contributed by atoms with Crippen molar-refractivity contribution in [1.29, 1.82) is 0 Å². The molecular weight excluding hydrogens is 264 g/mol. The molecule has 4 nitrogen and oxygen atoms in total. The number of para-hydroxylation sites is 1. The summed E-state index contributed by atoms with van der Waals surface area (Å²) in [7, 11) is 0. The zero-order valence-electron chi connectivity index (χ0n) is 11.2. The highest BCUT2D eigenvalue weighted by Gasteiger charge is 2.33. The number of hydrogen-bond donors (Lipinski definition) is 1. The zero-order valence-corrected chi connectivity index (χ0v) is 12.0. The quantitative estimate of drug-likeness (QED) is 0.654. The van der Waals surface area contributed by atoms with Gasteiger partial charge in [0.1, 0.15) is 5.69 Å². The van der Waals surface area contributed by atoms with Gasteiger partial charge in [-0.25, -0.2) is 0 Å². The monoisotopic (exact) mass is 282 g/mol. The van der Waals surface area contributed by atoms with E-state index in [1.807, 2.05) is 0 Å². The lowest BCUT2D eigenvalue weighted by molar-refractivity contribution is -0.384. The van der Waals surface area contributed by atoms with Gasteiger partial charge < -0.3 is 5.32 Å². The van der Waals surface area contributed by atoms with E-state index in [1.54, 1.807) is 12.1 Å². The van der Waals surface area contributed by atoms with Gasteiger partial charge >= 0.3 is 0 Å². The number of rotatable bonds is 4. The highest BCUT2D eigenvalue weighted by atomic mass is 35.5. The number of benzene rings is 1. The van der Waals surface area contributed by atoms with Crippen molar-refractivity contribution in [1.82, 2.24) is 0 Å². The molecule has 104 valence electrons. The molecule has 1 fully saturated rings. The van der Waals surface area contributed by atoms with Gasteiger partial charge in [0.15, 0.2) is 0 Å². The summed E-state index contributed by atoms with van der Waals surface area (Å²) in [4.78, 5) is 10.7. The highest BCUT2D eigenvalue weighted by molar-refractivity contribution is 6.33. The maximum Gasteiger partial charge on any atom is 0.293 e. The molecule has 0 amide bonds. The fraction of sp³-hybridized carbons (Fsp3) is 0.571. The van der Waals surface area contributed by atoms with Gasteiger partial charge in [0.25, 0.3) is 5.69 Å². The van der Waals surface area contributed by atoms with Crippen LogP contribution in [0.3, 0.4) is 0 Å². The van der Waals surface area contributed by atoms with Crippen molar-refractivity contribution in [3.8, 4) is 0 Å². The van der Waals surface area contributed by atoms with E-state index >= 15 is 0 Å². The number of anilines is 1. The van der Waals surface area contributed by atoms with Crippen LogP contribution in [0.2, 0.25) is 5.02 Å². The third-order valence-corrected chi connectivity index (χ3v) is 4.58. The molecule has 1 aliphatic carbocycles. The van der Waals surface area contributed by atoms with Crippen LogP contribution in [0.5, 0.6) is 0 Å². The highest BCUT2D eigenvalue weighted by Crippen LogP contribution is 2.39. The van der Waals surface area contributed by atoms with Gasteiger partial charge in [-0.05, 0) is 30.7 Å². The SMILES string of the molecule is CCC1CCC(Nc2c(Cl)cccc2[N+](=O)[O-])C1C. The van der Waals surface area contributed by atoms with E-state index in [4.69, 9.17) is 11.6 Å². The van der Waals surface area contributed by atoms with E-state index in [0.717, 1.165) is 12.8 Å². The topological polar surface area (TPSA) is 55.2 Å². The normalized spacial score (nSPS) is 26.4. The van der Waals surface area contributed by atoms with E-state index in [2.05, 4.69) is 19.2 Å². The van der Waals surface area contributed by atoms with Crippen LogP contribution in [0.25, 0.3) is 0 Å². The molecule has 1 aromatic carbocycles. The molecule has 0 radical (unpaired) electrons. The number of nitro benzene ring substituents is 1. The number of nitrogens with zero attached hydrogens (tertiary/aromatic N) is 1. The third kappa shape index (κ3) is 2.84. The van der Waals surface area contributed by atoms with Gasteiger partial charge in [-0.3, -0.25) is 10.1 Å². The van der Waals surface area contributed by atoms with Crippen LogP contribution in [-0.2, 0) is 0 Å². The van der Waals surface area contributed by atoms with Gasteiger partial charge in [0, 0.05) is 12.1 Å². The molecular formula is C14H19ClN2O2. The standard InChI is InChI=1S/C14H19ClN2O2/c1-3-10-7-8-12(9(10)2)16-14-11(15)5-4-6-13(14)17(18)19/h4-6,9-10,12,16H,3,7-8H2,1-2H3. The van der Waals surface area contributed by atoms with Crippen LogP contribution in [-0.4, -0.2) is 11.0 Å². The van der Waals surface area contributed by atoms with E-state index in [0.29, 0.717) is 22.5 Å². The Morgan fingerprint density at radius 1 is 1.47 bits per heavy atom. The fourth-order valence-corrected chi connectivity index (χ4v) is 3.24. The molecule has 1 aromatic rings. The number of nitrogens with one attached hydrogen (secondary N) is 1. The molecule has 3 atom stereocenters. The molecule has 1 saturated carbocycles. The molecule has 1 N–H and O–H groups in total. The van der Waals surface area contributed by atoms with Crippen LogP contribution >= 0.6 is 11.6 Å². The third-order valence-electron chi connectivity index (χ3n) is 4.27. The first-order valence-corrected chi connectivity index (χ1v) is 7.11. The molecule has 0 aromatic heterocycles. The summed E-state index contributed by atoms with van der Waals surface area (Å²) in [6, 6.07) is 5.06. The second-order valence-corrected chi connectivity index (χ2v) is 5.65. The van der Waals surface area contributed by atoms with E-state index < -0.39 is 0 Å². The summed E-state index contributed by atoms with van der Waals surface area (Å²) in [5, 5.41) is 14.8. The Balaban J connectivity index is 2.22. The smallest absolute Gasteiger partial charge is 0.293 e. The number of hydrogen-bond acceptors (Lipinski definition) is 3. The summed E-state index contributed by atoms with van der Waals surface area (Å²) in [5.41, 5.74) is 0.516. The fourth-order valence-electron chi connectivity index (χ4n) is 3.02. The first-order chi connectivity index (χ1) is 9.04. The van der Waals surface area contributed by atoms with Crippen LogP contribution in [0.1, 0.15) is 33.1 Å². The van der Waals surface area contributed by atoms with Crippen molar-refractivity contribution in [2.24, 2.45) is 11.8 Å². The lowest BCUT2D eigenvalue weighted by Gasteiger charge is -2.22. The molecule has 0 saturated heterocycles. The molecule has 5 heteroatoms. The summed E-state index contributed by atoms with van der Waals surface area (Å²) < 4.78 is 0. The Morgan fingerprint density at radius 2 is 2.21 bits per heavy atom. The van der Waals surface area contributed by atoms with E-state index in [9.17, 15) is 10.1 Å². The molecule has 1 aliphatic rings. The summed E-state index contributed by atoms with van der Waals surface area (Å²) in [6.07, 6.45) is 3.37. The molecule has 19 heavy (non-hydrogen) atoms. The largest absolute Gasteiger partial charge is 0.375 e. The summed E-state index contributed by atoms with van der Waals surface area (Å²) in [6.45, 7) is 4.41. The van der Waals surface area contributed by atoms with E-state index in [-0.39, 0.29) is 16.7 Å². The van der Waals surface area contributed by atoms with Gasteiger partial charge in [-0.1, -0.05) is 37.9 Å². The van der Waals surface area contributed by atoms with Gasteiger partial charge in [-0.15, -0.1) is 0 Å². The van der Waals surface area contributed by atoms with Crippen molar-refractivity contribution in [2.45, 2.75) is 39.2 Å². The van der Waals surface area contributed by atoms with Crippen molar-refractivity contribution < 1.29 is 4.92 Å². The van der Waals surface area contributed by atoms with Crippen molar-refractivity contribution in [3.05, 3.63) is 33.3 Å². The van der Waals surface area contributed by atoms with Crippen LogP contribution in [0, 0.1) is 22.0 Å². The second kappa shape index (κ2) is 5.78. The summed E-state index contributed by atoms with van der Waals surface area (Å²) in [5.74, 6) is 1.21. The lowest BCUT2D eigenvalue weighted by Crippen LogP contribution is -2.25. The maximum atomic E-state index is 11.1. The van der Waals surface area contributed by atoms with E-state index in [1.165, 1.54) is 12.5 Å². The Morgan fingerprint density at radius 3 is 2.79 bits per heavy atom. The van der Waals surface area contributed by atoms with Crippen LogP contribution in [0.15, 0.2) is 18.2 Å². The molecule has 0 bridgehead atoms. The van der Waals surface area contributed by atoms with Crippen LogP contribution < -0.4 is 5.32 Å². The minimum Gasteiger partial charge on any atom is -0.375 e. The van der Waals surface area contributed by atoms with Crippen molar-refractivity contribution in [2.75, 3.05) is 5.32 Å². The van der Waals surface area contributed by atoms with Gasteiger partial charge in [-0.2, -0.15) is 0 Å². The minimum absolute atomic E-state index is 0.0552. The molecule has 0 heterocycles. The Bertz CT molecular complexity index is 479. The molecule has 0 aliphatic heterocycles. The van der Waals surface area contributed by atoms with Crippen molar-refractivity contribution >= 4 is 23.0 Å². The van der Waals surface area contributed by atoms with Crippen LogP contribution in [0.4, 0.5) is 11.4 Å². The number of nitro groups is 1. The predicted octanol–water partition coefficient (Wildman–Crippen LogP) is 4.48. The lowest BCUT2D eigenvalue weighted by atomic mass is 9.93. The van der Waals surface area contributed by atoms with Gasteiger partial charge in [0.2, 0.25) is 0 Å².